The number of para-hydroxylation sites is 2. The quantitative estimate of drug-likeness (QED) is 0.164. The van der Waals surface area contributed by atoms with Crippen LogP contribution in [-0.4, -0.2) is 16.1 Å². The summed E-state index contributed by atoms with van der Waals surface area (Å²) in [5.74, 6) is 0. The summed E-state index contributed by atoms with van der Waals surface area (Å²) < 4.78 is 14.1. The van der Waals surface area contributed by atoms with Crippen molar-refractivity contribution in [2.24, 2.45) is 0 Å². The van der Waals surface area contributed by atoms with Gasteiger partial charge in [-0.05, 0) is 99.9 Å². The Morgan fingerprint density at radius 2 is 0.724 bits per heavy atom. The second-order valence-corrected chi connectivity index (χ2v) is 26.3. The molecule has 0 unspecified atom stereocenters. The number of fused-ring (bicyclic) bond motifs is 16. The van der Waals surface area contributed by atoms with E-state index in [9.17, 15) is 0 Å². The first-order valence-corrected chi connectivity index (χ1v) is 26.4. The van der Waals surface area contributed by atoms with Crippen LogP contribution in [0.15, 0.2) is 167 Å². The minimum absolute atomic E-state index is 0.942. The van der Waals surface area contributed by atoms with Gasteiger partial charge in [-0.1, -0.05) is 160 Å². The van der Waals surface area contributed by atoms with Gasteiger partial charge in [0.05, 0.1) is 0 Å². The fraction of sp³-hybridized carbons (Fsp3) is 0.0741. The molecule has 0 radical (unpaired) electrons. The first kappa shape index (κ1) is 32.6. The largest absolute Gasteiger partial charge is 0.455 e. The highest BCUT2D eigenvalue weighted by molar-refractivity contribution is 7.06. The van der Waals surface area contributed by atoms with Crippen LogP contribution in [0, 0.1) is 0 Å². The standard InChI is InChI=1S/C54H38O2Si2/c1-57(2)45-29-42-46(30-41(45)51-47(57)27-39(35-23-21-31-13-5-7-15-33(31)25-35)49-37-17-9-11-19-43(37)55-53(49)51)58(3,4)48-28-40(36-24-22-32-14-6-8-16-34(32)26-36)50-38-18-10-12-20-44(38)56-54(50)52(42)48/h5-30H,1-4H3. The Morgan fingerprint density at radius 1 is 0.345 bits per heavy atom. The Bertz CT molecular complexity index is 3400. The van der Waals surface area contributed by atoms with E-state index in [1.54, 1.807) is 0 Å². The molecular formula is C54H38O2Si2. The van der Waals surface area contributed by atoms with Gasteiger partial charge in [0.15, 0.2) is 0 Å². The van der Waals surface area contributed by atoms with Crippen molar-refractivity contribution in [2.75, 3.05) is 0 Å². The van der Waals surface area contributed by atoms with Gasteiger partial charge in [-0.15, -0.1) is 0 Å². The Balaban J connectivity index is 1.09. The van der Waals surface area contributed by atoms with Crippen LogP contribution >= 0.6 is 0 Å². The molecule has 58 heavy (non-hydrogen) atoms. The molecule has 2 aliphatic heterocycles. The number of hydrogen-bond donors (Lipinski definition) is 0. The normalized spacial score (nSPS) is 14.8. The molecule has 11 aromatic rings. The lowest BCUT2D eigenvalue weighted by atomic mass is 9.92. The van der Waals surface area contributed by atoms with E-state index in [1.807, 2.05) is 0 Å². The van der Waals surface area contributed by atoms with Crippen molar-refractivity contribution < 1.29 is 8.83 Å². The fourth-order valence-electron chi connectivity index (χ4n) is 10.8. The third-order valence-electron chi connectivity index (χ3n) is 13.8. The summed E-state index contributed by atoms with van der Waals surface area (Å²) in [6.45, 7) is 10.2. The Morgan fingerprint density at radius 3 is 1.17 bits per heavy atom. The predicted octanol–water partition coefficient (Wildman–Crippen LogP) is 12.7. The van der Waals surface area contributed by atoms with E-state index < -0.39 is 16.1 Å². The molecule has 0 N–H and O–H groups in total. The molecule has 0 spiro atoms. The second-order valence-electron chi connectivity index (χ2n) is 17.6. The van der Waals surface area contributed by atoms with Crippen molar-refractivity contribution in [3.8, 4) is 44.5 Å². The zero-order valence-electron chi connectivity index (χ0n) is 32.8. The minimum Gasteiger partial charge on any atom is -0.455 e. The Kier molecular flexibility index (Phi) is 6.26. The summed E-state index contributed by atoms with van der Waals surface area (Å²) in [5, 5.41) is 15.7. The van der Waals surface area contributed by atoms with Crippen LogP contribution in [0.5, 0.6) is 0 Å². The molecule has 0 amide bonds. The number of hydrogen-bond acceptors (Lipinski definition) is 2. The van der Waals surface area contributed by atoms with Gasteiger partial charge in [0.2, 0.25) is 0 Å². The average molecular weight is 775 g/mol. The number of furan rings is 2. The highest BCUT2D eigenvalue weighted by Gasteiger charge is 2.46. The van der Waals surface area contributed by atoms with E-state index in [1.165, 1.54) is 108 Å². The molecule has 2 nitrogen and oxygen atoms in total. The topological polar surface area (TPSA) is 26.3 Å². The second kappa shape index (κ2) is 11.1. The van der Waals surface area contributed by atoms with Crippen molar-refractivity contribution in [3.05, 3.63) is 158 Å². The molecule has 9 aromatic carbocycles. The molecule has 13 rings (SSSR count). The molecular weight excluding hydrogens is 737 g/mol. The van der Waals surface area contributed by atoms with Gasteiger partial charge in [0, 0.05) is 32.7 Å². The van der Waals surface area contributed by atoms with E-state index in [2.05, 4.69) is 184 Å². The van der Waals surface area contributed by atoms with Gasteiger partial charge >= 0.3 is 0 Å². The van der Waals surface area contributed by atoms with Gasteiger partial charge in [-0.25, -0.2) is 0 Å². The van der Waals surface area contributed by atoms with E-state index in [0.717, 1.165) is 22.3 Å². The zero-order chi connectivity index (χ0) is 38.7. The van der Waals surface area contributed by atoms with Gasteiger partial charge in [0.25, 0.3) is 0 Å². The first-order chi connectivity index (χ1) is 28.3. The number of rotatable bonds is 2. The molecule has 0 atom stereocenters. The number of benzene rings is 9. The monoisotopic (exact) mass is 774 g/mol. The predicted molar refractivity (Wildman–Crippen MR) is 251 cm³/mol. The first-order valence-electron chi connectivity index (χ1n) is 20.4. The molecule has 4 heterocycles. The van der Waals surface area contributed by atoms with Gasteiger partial charge < -0.3 is 8.83 Å². The van der Waals surface area contributed by atoms with Gasteiger partial charge in [-0.2, -0.15) is 0 Å². The van der Waals surface area contributed by atoms with Crippen molar-refractivity contribution >= 4 is 102 Å². The Labute approximate surface area is 338 Å². The molecule has 2 aromatic heterocycles. The van der Waals surface area contributed by atoms with Crippen LogP contribution in [0.4, 0.5) is 0 Å². The van der Waals surface area contributed by atoms with Crippen LogP contribution in [0.3, 0.4) is 0 Å². The van der Waals surface area contributed by atoms with Crippen molar-refractivity contribution in [3.63, 3.8) is 0 Å². The third-order valence-corrected chi connectivity index (χ3v) is 20.8. The van der Waals surface area contributed by atoms with Gasteiger partial charge in [0.1, 0.15) is 38.5 Å². The van der Waals surface area contributed by atoms with Crippen LogP contribution in [0.1, 0.15) is 0 Å². The van der Waals surface area contributed by atoms with Crippen molar-refractivity contribution in [1.82, 2.24) is 0 Å². The molecule has 2 aliphatic rings. The highest BCUT2D eigenvalue weighted by Crippen LogP contribution is 2.48. The lowest BCUT2D eigenvalue weighted by Gasteiger charge is -2.22. The summed E-state index contributed by atoms with van der Waals surface area (Å²) in [6, 6.07) is 58.7. The van der Waals surface area contributed by atoms with E-state index >= 15 is 0 Å². The summed E-state index contributed by atoms with van der Waals surface area (Å²) in [5.41, 5.74) is 14.3. The Hall–Kier alpha value is -6.47. The van der Waals surface area contributed by atoms with E-state index in [-0.39, 0.29) is 0 Å². The summed E-state index contributed by atoms with van der Waals surface area (Å²) >= 11 is 0. The minimum atomic E-state index is -2.24. The van der Waals surface area contributed by atoms with E-state index in [4.69, 9.17) is 8.83 Å². The maximum atomic E-state index is 7.03. The molecule has 0 fully saturated rings. The van der Waals surface area contributed by atoms with Crippen molar-refractivity contribution in [2.45, 2.75) is 26.2 Å². The van der Waals surface area contributed by atoms with Crippen molar-refractivity contribution in [1.29, 1.82) is 0 Å². The maximum Gasteiger partial charge on any atom is 0.143 e. The lowest BCUT2D eigenvalue weighted by molar-refractivity contribution is 0.670. The highest BCUT2D eigenvalue weighted by atomic mass is 28.3. The van der Waals surface area contributed by atoms with Crippen LogP contribution in [-0.2, 0) is 0 Å². The molecule has 0 saturated carbocycles. The van der Waals surface area contributed by atoms with E-state index in [0.29, 0.717) is 0 Å². The molecule has 274 valence electrons. The fourth-order valence-corrected chi connectivity index (χ4v) is 16.9. The zero-order valence-corrected chi connectivity index (χ0v) is 34.8. The average Bonchev–Trinajstić information content (AvgIpc) is 3.95. The smallest absolute Gasteiger partial charge is 0.143 e. The molecule has 0 aliphatic carbocycles. The maximum absolute atomic E-state index is 7.03. The van der Waals surface area contributed by atoms with Crippen LogP contribution in [0.25, 0.3) is 110 Å². The summed E-state index contributed by atoms with van der Waals surface area (Å²) in [7, 11) is -4.48. The van der Waals surface area contributed by atoms with Crippen LogP contribution < -0.4 is 20.7 Å². The SMILES string of the molecule is C[Si]1(C)c2cc3c(cc2-c2c1cc(-c1ccc4ccccc4c1)c1c2oc2ccccc21)[Si](C)(C)c1cc(-c2ccc4ccccc4c2)c2c(oc4ccccc42)c1-3. The molecule has 0 saturated heterocycles. The van der Waals surface area contributed by atoms with Crippen LogP contribution in [0.2, 0.25) is 26.2 Å². The lowest BCUT2D eigenvalue weighted by Crippen LogP contribution is -2.51. The summed E-state index contributed by atoms with van der Waals surface area (Å²) in [4.78, 5) is 0. The molecule has 4 heteroatoms. The third kappa shape index (κ3) is 4.16. The summed E-state index contributed by atoms with van der Waals surface area (Å²) in [6.07, 6.45) is 0. The molecule has 0 bridgehead atoms. The van der Waals surface area contributed by atoms with Gasteiger partial charge in [-0.3, -0.25) is 0 Å².